The van der Waals surface area contributed by atoms with Crippen molar-refractivity contribution in [3.8, 4) is 16.9 Å². The number of esters is 1. The van der Waals surface area contributed by atoms with E-state index in [1.54, 1.807) is 14.0 Å². The van der Waals surface area contributed by atoms with Crippen LogP contribution in [0.3, 0.4) is 0 Å². The summed E-state index contributed by atoms with van der Waals surface area (Å²) in [7, 11) is 1.65. The lowest BCUT2D eigenvalue weighted by Gasteiger charge is -2.23. The molecule has 1 saturated carbocycles. The van der Waals surface area contributed by atoms with Crippen molar-refractivity contribution >= 4 is 11.9 Å². The van der Waals surface area contributed by atoms with Gasteiger partial charge in [-0.05, 0) is 62.4 Å². The van der Waals surface area contributed by atoms with Crippen LogP contribution in [-0.4, -0.2) is 37.0 Å². The molecule has 1 fully saturated rings. The Bertz CT molecular complexity index is 917. The molecule has 1 aliphatic rings. The molecule has 0 aliphatic heterocycles. The van der Waals surface area contributed by atoms with Gasteiger partial charge in [0.1, 0.15) is 5.75 Å². The number of benzene rings is 2. The van der Waals surface area contributed by atoms with E-state index in [0.717, 1.165) is 46.4 Å². The highest BCUT2D eigenvalue weighted by Crippen LogP contribution is 2.36. The smallest absolute Gasteiger partial charge is 0.310 e. The van der Waals surface area contributed by atoms with Crippen LogP contribution >= 0.6 is 0 Å². The summed E-state index contributed by atoms with van der Waals surface area (Å²) in [5, 5.41) is 0. The number of methoxy groups -OCH3 is 1. The molecule has 0 atom stereocenters. The van der Waals surface area contributed by atoms with Gasteiger partial charge in [0.25, 0.3) is 0 Å². The molecule has 0 unspecified atom stereocenters. The number of aryl methyl sites for hydroxylation is 1. The number of carbonyl (C=O) groups excluding carboxylic acids is 2. The van der Waals surface area contributed by atoms with Crippen molar-refractivity contribution in [3.05, 3.63) is 53.1 Å². The minimum absolute atomic E-state index is 0.196. The quantitative estimate of drug-likeness (QED) is 0.571. The van der Waals surface area contributed by atoms with Crippen molar-refractivity contribution < 1.29 is 19.1 Å². The van der Waals surface area contributed by atoms with Gasteiger partial charge in [0.15, 0.2) is 0 Å². The van der Waals surface area contributed by atoms with Crippen molar-refractivity contribution in [2.75, 3.05) is 20.3 Å². The second kappa shape index (κ2) is 9.79. The highest BCUT2D eigenvalue weighted by molar-refractivity contribution is 5.82. The average molecular weight is 410 g/mol. The fourth-order valence-electron chi connectivity index (χ4n) is 3.67. The van der Waals surface area contributed by atoms with Crippen LogP contribution in [0.2, 0.25) is 0 Å². The zero-order valence-corrected chi connectivity index (χ0v) is 18.4. The van der Waals surface area contributed by atoms with E-state index >= 15 is 0 Å². The molecule has 2 aromatic carbocycles. The first kappa shape index (κ1) is 21.9. The molecule has 1 amide bonds. The molecule has 0 N–H and O–H groups in total. The lowest BCUT2D eigenvalue weighted by atomic mass is 9.94. The third-order valence-electron chi connectivity index (χ3n) is 5.45. The number of ether oxygens (including phenoxy) is 2. The second-order valence-electron chi connectivity index (χ2n) is 7.80. The SMILES string of the molecule is CCOC(=O)Cc1ccc(OC)c(-c2cc(C)ccc2CN(CC)C(=O)C2CC2)c1. The third kappa shape index (κ3) is 5.21. The number of carbonyl (C=O) groups is 2. The topological polar surface area (TPSA) is 55.8 Å². The van der Waals surface area contributed by atoms with Crippen LogP contribution in [0, 0.1) is 12.8 Å². The maximum Gasteiger partial charge on any atom is 0.310 e. The Balaban J connectivity index is 1.98. The summed E-state index contributed by atoms with van der Waals surface area (Å²) in [5.74, 6) is 0.935. The molecule has 3 rings (SSSR count). The molecule has 1 aliphatic carbocycles. The number of amides is 1. The summed E-state index contributed by atoms with van der Waals surface area (Å²) in [6.07, 6.45) is 2.22. The Morgan fingerprint density at radius 3 is 2.47 bits per heavy atom. The fraction of sp³-hybridized carbons (Fsp3) is 0.440. The van der Waals surface area contributed by atoms with Crippen LogP contribution in [0.1, 0.15) is 43.4 Å². The maximum absolute atomic E-state index is 12.7. The second-order valence-corrected chi connectivity index (χ2v) is 7.80. The Morgan fingerprint density at radius 2 is 1.83 bits per heavy atom. The Labute approximate surface area is 179 Å². The third-order valence-corrected chi connectivity index (χ3v) is 5.45. The highest BCUT2D eigenvalue weighted by Gasteiger charge is 2.33. The zero-order chi connectivity index (χ0) is 21.7. The van der Waals surface area contributed by atoms with Gasteiger partial charge in [-0.1, -0.05) is 29.8 Å². The first-order valence-corrected chi connectivity index (χ1v) is 10.7. The lowest BCUT2D eigenvalue weighted by molar-refractivity contribution is -0.142. The average Bonchev–Trinajstić information content (AvgIpc) is 3.58. The molecule has 30 heavy (non-hydrogen) atoms. The van der Waals surface area contributed by atoms with E-state index in [2.05, 4.69) is 25.1 Å². The molecule has 5 heteroatoms. The summed E-state index contributed by atoms with van der Waals surface area (Å²) >= 11 is 0. The number of nitrogens with zero attached hydrogens (tertiary/aromatic N) is 1. The van der Waals surface area contributed by atoms with Crippen molar-refractivity contribution in [3.63, 3.8) is 0 Å². The molecule has 2 aromatic rings. The van der Waals surface area contributed by atoms with Gasteiger partial charge in [-0.3, -0.25) is 9.59 Å². The summed E-state index contributed by atoms with van der Waals surface area (Å²) in [6, 6.07) is 12.1. The van der Waals surface area contributed by atoms with Gasteiger partial charge in [0, 0.05) is 24.6 Å². The van der Waals surface area contributed by atoms with Gasteiger partial charge >= 0.3 is 5.97 Å². The monoisotopic (exact) mass is 409 g/mol. The number of hydrogen-bond donors (Lipinski definition) is 0. The van der Waals surface area contributed by atoms with Crippen LogP contribution in [0.5, 0.6) is 5.75 Å². The minimum atomic E-state index is -0.245. The van der Waals surface area contributed by atoms with Crippen LogP contribution in [0.4, 0.5) is 0 Å². The van der Waals surface area contributed by atoms with Crippen LogP contribution in [0.25, 0.3) is 11.1 Å². The standard InChI is InChI=1S/C25H31NO4/c1-5-26(25(28)19-10-11-19)16-20-9-7-17(3)13-21(20)22-14-18(8-12-23(22)29-4)15-24(27)30-6-2/h7-9,12-14,19H,5-6,10-11,15-16H2,1-4H3. The molecular formula is C25H31NO4. The van der Waals surface area contributed by atoms with Gasteiger partial charge in [0.2, 0.25) is 5.91 Å². The molecular weight excluding hydrogens is 378 g/mol. The van der Waals surface area contributed by atoms with Crippen molar-refractivity contribution in [2.45, 2.75) is 46.6 Å². The van der Waals surface area contributed by atoms with E-state index in [1.165, 1.54) is 0 Å². The number of rotatable bonds is 9. The fourth-order valence-corrected chi connectivity index (χ4v) is 3.67. The molecule has 0 spiro atoms. The largest absolute Gasteiger partial charge is 0.496 e. The van der Waals surface area contributed by atoms with Crippen molar-refractivity contribution in [1.82, 2.24) is 4.90 Å². The van der Waals surface area contributed by atoms with Gasteiger partial charge in [-0.25, -0.2) is 0 Å². The van der Waals surface area contributed by atoms with Gasteiger partial charge in [0.05, 0.1) is 20.1 Å². The predicted octanol–water partition coefficient (Wildman–Crippen LogP) is 4.53. The van der Waals surface area contributed by atoms with E-state index < -0.39 is 0 Å². The Kier molecular flexibility index (Phi) is 7.14. The normalized spacial score (nSPS) is 13.1. The van der Waals surface area contributed by atoms with E-state index in [0.29, 0.717) is 19.7 Å². The van der Waals surface area contributed by atoms with Crippen LogP contribution in [-0.2, 0) is 27.3 Å². The molecule has 0 saturated heterocycles. The zero-order valence-electron chi connectivity index (χ0n) is 18.4. The van der Waals surface area contributed by atoms with Gasteiger partial charge < -0.3 is 14.4 Å². The van der Waals surface area contributed by atoms with E-state index in [9.17, 15) is 9.59 Å². The molecule has 0 radical (unpaired) electrons. The van der Waals surface area contributed by atoms with Gasteiger partial charge in [-0.15, -0.1) is 0 Å². The summed E-state index contributed by atoms with van der Waals surface area (Å²) < 4.78 is 10.7. The minimum Gasteiger partial charge on any atom is -0.496 e. The van der Waals surface area contributed by atoms with Crippen LogP contribution < -0.4 is 4.74 Å². The Morgan fingerprint density at radius 1 is 1.07 bits per heavy atom. The molecule has 0 bridgehead atoms. The molecule has 5 nitrogen and oxygen atoms in total. The predicted molar refractivity (Wildman–Crippen MR) is 117 cm³/mol. The van der Waals surface area contributed by atoms with E-state index in [1.807, 2.05) is 30.0 Å². The molecule has 0 aromatic heterocycles. The summed E-state index contributed by atoms with van der Waals surface area (Å²) in [5.41, 5.74) is 5.02. The first-order valence-electron chi connectivity index (χ1n) is 10.7. The molecule has 160 valence electrons. The van der Waals surface area contributed by atoms with Crippen LogP contribution in [0.15, 0.2) is 36.4 Å². The summed E-state index contributed by atoms with van der Waals surface area (Å²) in [6.45, 7) is 7.49. The van der Waals surface area contributed by atoms with Crippen molar-refractivity contribution in [2.24, 2.45) is 5.92 Å². The van der Waals surface area contributed by atoms with E-state index in [-0.39, 0.29) is 24.2 Å². The Hall–Kier alpha value is -2.82. The molecule has 0 heterocycles. The maximum atomic E-state index is 12.7. The first-order chi connectivity index (χ1) is 14.5. The van der Waals surface area contributed by atoms with E-state index in [4.69, 9.17) is 9.47 Å². The summed E-state index contributed by atoms with van der Waals surface area (Å²) in [4.78, 5) is 26.6. The lowest BCUT2D eigenvalue weighted by Crippen LogP contribution is -2.31. The van der Waals surface area contributed by atoms with Crippen molar-refractivity contribution in [1.29, 1.82) is 0 Å². The number of hydrogen-bond acceptors (Lipinski definition) is 4. The van der Waals surface area contributed by atoms with Gasteiger partial charge in [-0.2, -0.15) is 0 Å². The highest BCUT2D eigenvalue weighted by atomic mass is 16.5.